The van der Waals surface area contributed by atoms with Crippen molar-refractivity contribution in [1.29, 1.82) is 0 Å². The number of hydrogen-bond donors (Lipinski definition) is 1. The number of aliphatic hydroxyl groups is 1. The minimum atomic E-state index is -0.399. The summed E-state index contributed by atoms with van der Waals surface area (Å²) >= 11 is 0. The Morgan fingerprint density at radius 1 is 1.54 bits per heavy atom. The van der Waals surface area contributed by atoms with Gasteiger partial charge in [0.25, 0.3) is 11.8 Å². The molecule has 1 aliphatic rings. The van der Waals surface area contributed by atoms with E-state index in [1.165, 1.54) is 6.08 Å². The van der Waals surface area contributed by atoms with Crippen LogP contribution in [-0.2, 0) is 9.59 Å². The topological polar surface area (TPSA) is 57.6 Å². The van der Waals surface area contributed by atoms with E-state index in [9.17, 15) is 9.59 Å². The van der Waals surface area contributed by atoms with Crippen molar-refractivity contribution in [2.45, 2.75) is 6.42 Å². The van der Waals surface area contributed by atoms with Crippen molar-refractivity contribution in [2.75, 3.05) is 13.2 Å². The molecule has 4 heteroatoms. The molecule has 0 atom stereocenters. The first-order valence-corrected chi connectivity index (χ1v) is 3.81. The Bertz CT molecular complexity index is 311. The SMILES string of the molecule is C#CCC1=CC(=O)N(CCO)C1=O. The summed E-state index contributed by atoms with van der Waals surface area (Å²) in [5.41, 5.74) is 0.320. The molecule has 0 unspecified atom stereocenters. The van der Waals surface area contributed by atoms with Crippen LogP contribution in [0, 0.1) is 12.3 Å². The van der Waals surface area contributed by atoms with E-state index < -0.39 is 11.8 Å². The fourth-order valence-electron chi connectivity index (χ4n) is 1.11. The lowest BCUT2D eigenvalue weighted by molar-refractivity contribution is -0.137. The summed E-state index contributed by atoms with van der Waals surface area (Å²) in [5, 5.41) is 8.57. The maximum Gasteiger partial charge on any atom is 0.257 e. The van der Waals surface area contributed by atoms with Crippen molar-refractivity contribution in [1.82, 2.24) is 4.90 Å². The van der Waals surface area contributed by atoms with Gasteiger partial charge < -0.3 is 5.11 Å². The molecule has 0 saturated carbocycles. The van der Waals surface area contributed by atoms with Crippen LogP contribution in [0.2, 0.25) is 0 Å². The second-order valence-electron chi connectivity index (χ2n) is 2.57. The Balaban J connectivity index is 2.75. The quantitative estimate of drug-likeness (QED) is 0.460. The fourth-order valence-corrected chi connectivity index (χ4v) is 1.11. The number of rotatable bonds is 3. The van der Waals surface area contributed by atoms with E-state index in [1.807, 2.05) is 0 Å². The zero-order valence-corrected chi connectivity index (χ0v) is 6.99. The maximum absolute atomic E-state index is 11.3. The number of hydrogen-bond acceptors (Lipinski definition) is 3. The fraction of sp³-hybridized carbons (Fsp3) is 0.333. The highest BCUT2D eigenvalue weighted by Gasteiger charge is 2.29. The normalized spacial score (nSPS) is 16.0. The first kappa shape index (κ1) is 9.49. The molecule has 0 saturated heterocycles. The van der Waals surface area contributed by atoms with Crippen LogP contribution < -0.4 is 0 Å². The van der Waals surface area contributed by atoms with E-state index >= 15 is 0 Å². The van der Waals surface area contributed by atoms with E-state index in [2.05, 4.69) is 5.92 Å². The van der Waals surface area contributed by atoms with Crippen molar-refractivity contribution in [2.24, 2.45) is 0 Å². The molecule has 0 radical (unpaired) electrons. The molecule has 0 aromatic rings. The summed E-state index contributed by atoms with van der Waals surface area (Å²) < 4.78 is 0. The molecule has 1 aliphatic heterocycles. The third kappa shape index (κ3) is 1.76. The predicted molar refractivity (Wildman–Crippen MR) is 45.3 cm³/mol. The van der Waals surface area contributed by atoms with Crippen LogP contribution in [0.3, 0.4) is 0 Å². The summed E-state index contributed by atoms with van der Waals surface area (Å²) in [6.45, 7) is -0.198. The van der Waals surface area contributed by atoms with E-state index in [1.54, 1.807) is 0 Å². The second-order valence-corrected chi connectivity index (χ2v) is 2.57. The van der Waals surface area contributed by atoms with Crippen LogP contribution >= 0.6 is 0 Å². The van der Waals surface area contributed by atoms with E-state index in [0.717, 1.165) is 4.90 Å². The Kier molecular flexibility index (Phi) is 2.83. The number of carbonyl (C=O) groups is 2. The average molecular weight is 179 g/mol. The summed E-state index contributed by atoms with van der Waals surface area (Å²) in [7, 11) is 0. The van der Waals surface area contributed by atoms with E-state index in [0.29, 0.717) is 5.57 Å². The zero-order chi connectivity index (χ0) is 9.84. The van der Waals surface area contributed by atoms with Crippen LogP contribution in [0.25, 0.3) is 0 Å². The van der Waals surface area contributed by atoms with Gasteiger partial charge in [0, 0.05) is 18.1 Å². The average Bonchev–Trinajstić information content (AvgIpc) is 2.34. The molecule has 0 aromatic heterocycles. The molecule has 68 valence electrons. The van der Waals surface area contributed by atoms with Crippen LogP contribution in [-0.4, -0.2) is 35.0 Å². The van der Waals surface area contributed by atoms with Crippen LogP contribution in [0.5, 0.6) is 0 Å². The van der Waals surface area contributed by atoms with Crippen LogP contribution in [0.1, 0.15) is 6.42 Å². The first-order chi connectivity index (χ1) is 6.20. The zero-order valence-electron chi connectivity index (χ0n) is 6.99. The highest BCUT2D eigenvalue weighted by Crippen LogP contribution is 2.14. The Hall–Kier alpha value is -1.60. The van der Waals surface area contributed by atoms with Crippen molar-refractivity contribution < 1.29 is 14.7 Å². The Morgan fingerprint density at radius 3 is 2.77 bits per heavy atom. The largest absolute Gasteiger partial charge is 0.395 e. The van der Waals surface area contributed by atoms with Gasteiger partial charge in [-0.2, -0.15) is 0 Å². The minimum absolute atomic E-state index is 0.0300. The second kappa shape index (κ2) is 3.87. The number of amides is 2. The molecule has 1 heterocycles. The smallest absolute Gasteiger partial charge is 0.257 e. The Labute approximate surface area is 75.8 Å². The Morgan fingerprint density at radius 2 is 2.23 bits per heavy atom. The van der Waals surface area contributed by atoms with Gasteiger partial charge in [0.1, 0.15) is 0 Å². The third-order valence-electron chi connectivity index (χ3n) is 1.70. The summed E-state index contributed by atoms with van der Waals surface area (Å²) in [4.78, 5) is 23.4. The molecule has 0 bridgehead atoms. The van der Waals surface area contributed by atoms with Gasteiger partial charge in [0.15, 0.2) is 0 Å². The first-order valence-electron chi connectivity index (χ1n) is 3.81. The molecule has 13 heavy (non-hydrogen) atoms. The van der Waals surface area contributed by atoms with Crippen molar-refractivity contribution >= 4 is 11.8 Å². The molecule has 0 aliphatic carbocycles. The number of carbonyl (C=O) groups excluding carboxylic acids is 2. The van der Waals surface area contributed by atoms with Gasteiger partial charge in [-0.1, -0.05) is 0 Å². The number of terminal acetylenes is 1. The van der Waals surface area contributed by atoms with Gasteiger partial charge in [-0.15, -0.1) is 12.3 Å². The number of aliphatic hydroxyl groups excluding tert-OH is 1. The van der Waals surface area contributed by atoms with Crippen LogP contribution in [0.4, 0.5) is 0 Å². The van der Waals surface area contributed by atoms with E-state index in [-0.39, 0.29) is 19.6 Å². The van der Waals surface area contributed by atoms with Crippen molar-refractivity contribution in [3.05, 3.63) is 11.6 Å². The summed E-state index contributed by atoms with van der Waals surface area (Å²) in [6, 6.07) is 0. The molecule has 4 nitrogen and oxygen atoms in total. The number of β-amino-alcohol motifs (C(OH)–C–C–N with tert-alkyl or cyclic N) is 1. The van der Waals surface area contributed by atoms with Gasteiger partial charge in [0.2, 0.25) is 0 Å². The number of nitrogens with zero attached hydrogens (tertiary/aromatic N) is 1. The standard InChI is InChI=1S/C9H9NO3/c1-2-3-7-6-8(12)10(4-5-11)9(7)13/h1,6,11H,3-5H2. The highest BCUT2D eigenvalue weighted by atomic mass is 16.3. The molecule has 0 aromatic carbocycles. The van der Waals surface area contributed by atoms with Gasteiger partial charge in [-0.25, -0.2) is 0 Å². The molecular weight excluding hydrogens is 170 g/mol. The molecule has 1 N–H and O–H groups in total. The van der Waals surface area contributed by atoms with Gasteiger partial charge in [-0.05, 0) is 0 Å². The maximum atomic E-state index is 11.3. The van der Waals surface area contributed by atoms with Gasteiger partial charge >= 0.3 is 0 Å². The molecule has 0 spiro atoms. The van der Waals surface area contributed by atoms with Crippen LogP contribution in [0.15, 0.2) is 11.6 Å². The summed E-state index contributed by atoms with van der Waals surface area (Å²) in [6.07, 6.45) is 6.39. The predicted octanol–water partition coefficient (Wildman–Crippen LogP) is -0.703. The highest BCUT2D eigenvalue weighted by molar-refractivity contribution is 6.16. The van der Waals surface area contributed by atoms with Crippen molar-refractivity contribution in [3.63, 3.8) is 0 Å². The molecule has 1 rings (SSSR count). The lowest BCUT2D eigenvalue weighted by Gasteiger charge is -2.11. The van der Waals surface area contributed by atoms with E-state index in [4.69, 9.17) is 11.5 Å². The molecule has 2 amide bonds. The van der Waals surface area contributed by atoms with Gasteiger partial charge in [-0.3, -0.25) is 14.5 Å². The minimum Gasteiger partial charge on any atom is -0.395 e. The summed E-state index contributed by atoms with van der Waals surface area (Å²) in [5.74, 6) is 1.50. The third-order valence-corrected chi connectivity index (χ3v) is 1.70. The molecule has 0 fully saturated rings. The van der Waals surface area contributed by atoms with Gasteiger partial charge in [0.05, 0.1) is 13.2 Å². The number of imide groups is 1. The lowest BCUT2D eigenvalue weighted by Crippen LogP contribution is -2.33. The van der Waals surface area contributed by atoms with Crippen molar-refractivity contribution in [3.8, 4) is 12.3 Å². The molecular formula is C9H9NO3. The lowest BCUT2D eigenvalue weighted by atomic mass is 10.2. The monoisotopic (exact) mass is 179 g/mol.